The maximum Gasteiger partial charge on any atom is 0.264 e. The van der Waals surface area contributed by atoms with Gasteiger partial charge in [0, 0.05) is 51.8 Å². The molecule has 2 aromatic heterocycles. The van der Waals surface area contributed by atoms with Gasteiger partial charge in [-0.05, 0) is 37.3 Å². The van der Waals surface area contributed by atoms with Crippen molar-refractivity contribution in [3.8, 4) is 0 Å². The first-order valence-corrected chi connectivity index (χ1v) is 9.49. The van der Waals surface area contributed by atoms with E-state index >= 15 is 0 Å². The fourth-order valence-electron chi connectivity index (χ4n) is 3.79. The second-order valence-corrected chi connectivity index (χ2v) is 7.95. The van der Waals surface area contributed by atoms with Crippen LogP contribution < -0.4 is 0 Å². The third kappa shape index (κ3) is 2.35. The minimum atomic E-state index is -0.272. The number of halogens is 1. The number of carbonyl (C=O) groups excluding carboxylic acids is 1. The number of rotatable bonds is 1. The molecule has 3 nitrogen and oxygen atoms in total. The van der Waals surface area contributed by atoms with Crippen molar-refractivity contribution in [1.82, 2.24) is 9.88 Å². The minimum absolute atomic E-state index is 0.0155. The van der Waals surface area contributed by atoms with Gasteiger partial charge in [-0.3, -0.25) is 4.79 Å². The molecule has 0 bridgehead atoms. The average molecular weight is 364 g/mol. The van der Waals surface area contributed by atoms with E-state index in [0.29, 0.717) is 23.4 Å². The molecule has 1 amide bonds. The fraction of sp³-hybridized carbons (Fsp3) is 0.190. The number of aromatic nitrogens is 1. The van der Waals surface area contributed by atoms with Crippen LogP contribution in [0.2, 0.25) is 0 Å². The van der Waals surface area contributed by atoms with Crippen molar-refractivity contribution in [2.24, 2.45) is 0 Å². The summed E-state index contributed by atoms with van der Waals surface area (Å²) in [5.74, 6) is -0.288. The zero-order valence-electron chi connectivity index (χ0n) is 14.3. The van der Waals surface area contributed by atoms with E-state index in [1.165, 1.54) is 39.6 Å². The molecule has 5 heteroatoms. The molecular formula is C21H17FN2OS. The molecule has 0 radical (unpaired) electrons. The normalized spacial score (nSPS) is 14.2. The highest BCUT2D eigenvalue weighted by Crippen LogP contribution is 2.32. The Morgan fingerprint density at radius 2 is 2.08 bits per heavy atom. The van der Waals surface area contributed by atoms with Crippen LogP contribution in [0.25, 0.3) is 21.0 Å². The van der Waals surface area contributed by atoms with Gasteiger partial charge in [-0.1, -0.05) is 17.7 Å². The molecular weight excluding hydrogens is 347 g/mol. The van der Waals surface area contributed by atoms with E-state index in [-0.39, 0.29) is 11.7 Å². The van der Waals surface area contributed by atoms with Gasteiger partial charge >= 0.3 is 0 Å². The Labute approximate surface area is 154 Å². The molecule has 0 atom stereocenters. The topological polar surface area (TPSA) is 36.1 Å². The first kappa shape index (κ1) is 15.6. The molecule has 3 heterocycles. The Morgan fingerprint density at radius 1 is 1.19 bits per heavy atom. The van der Waals surface area contributed by atoms with Gasteiger partial charge in [0.25, 0.3) is 5.91 Å². The van der Waals surface area contributed by atoms with Gasteiger partial charge in [-0.15, -0.1) is 11.3 Å². The molecule has 0 fully saturated rings. The van der Waals surface area contributed by atoms with Crippen LogP contribution >= 0.6 is 11.3 Å². The lowest BCUT2D eigenvalue weighted by Crippen LogP contribution is -2.35. The van der Waals surface area contributed by atoms with Gasteiger partial charge in [0.05, 0.1) is 4.88 Å². The van der Waals surface area contributed by atoms with Gasteiger partial charge in [0.15, 0.2) is 0 Å². The van der Waals surface area contributed by atoms with E-state index in [0.717, 1.165) is 16.6 Å². The summed E-state index contributed by atoms with van der Waals surface area (Å²) in [4.78, 5) is 19.0. The lowest BCUT2D eigenvalue weighted by atomic mass is 10.0. The first-order valence-electron chi connectivity index (χ1n) is 8.67. The van der Waals surface area contributed by atoms with E-state index in [9.17, 15) is 9.18 Å². The summed E-state index contributed by atoms with van der Waals surface area (Å²) in [5, 5.41) is 1.72. The third-order valence-corrected chi connectivity index (χ3v) is 6.23. The van der Waals surface area contributed by atoms with Crippen molar-refractivity contribution < 1.29 is 9.18 Å². The van der Waals surface area contributed by atoms with Crippen molar-refractivity contribution in [1.29, 1.82) is 0 Å². The van der Waals surface area contributed by atoms with Crippen LogP contribution in [0.15, 0.2) is 42.5 Å². The number of nitrogens with zero attached hydrogens (tertiary/aromatic N) is 1. The average Bonchev–Trinajstić information content (AvgIpc) is 3.23. The SMILES string of the molecule is Cc1ccc2[nH]c3c(c2c1)CN(C(=O)c1cc2c(F)cccc2s1)CC3. The van der Waals surface area contributed by atoms with Crippen molar-refractivity contribution in [2.75, 3.05) is 6.54 Å². The summed E-state index contributed by atoms with van der Waals surface area (Å²) in [5.41, 5.74) is 4.76. The molecule has 0 saturated heterocycles. The number of benzene rings is 2. The van der Waals surface area contributed by atoms with Gasteiger partial charge in [-0.25, -0.2) is 4.39 Å². The van der Waals surface area contributed by atoms with Crippen LogP contribution in [-0.2, 0) is 13.0 Å². The predicted molar refractivity (Wildman–Crippen MR) is 103 cm³/mol. The maximum atomic E-state index is 14.0. The second kappa shape index (κ2) is 5.68. The van der Waals surface area contributed by atoms with E-state index in [1.54, 1.807) is 12.1 Å². The van der Waals surface area contributed by atoms with Crippen molar-refractivity contribution >= 4 is 38.2 Å². The number of thiophene rings is 1. The Kier molecular flexibility index (Phi) is 3.40. The number of fused-ring (bicyclic) bond motifs is 4. The van der Waals surface area contributed by atoms with E-state index in [4.69, 9.17) is 0 Å². The van der Waals surface area contributed by atoms with Crippen molar-refractivity contribution in [3.63, 3.8) is 0 Å². The highest BCUT2D eigenvalue weighted by Gasteiger charge is 2.26. The van der Waals surface area contributed by atoms with Gasteiger partial charge < -0.3 is 9.88 Å². The van der Waals surface area contributed by atoms with Crippen LogP contribution in [0.3, 0.4) is 0 Å². The lowest BCUT2D eigenvalue weighted by molar-refractivity contribution is 0.0740. The molecule has 1 N–H and O–H groups in total. The lowest BCUT2D eigenvalue weighted by Gasteiger charge is -2.26. The minimum Gasteiger partial charge on any atom is -0.358 e. The number of nitrogens with one attached hydrogen (secondary N) is 1. The standard InChI is InChI=1S/C21H17FN2OS/c1-12-5-6-17-13(9-12)15-11-24(8-7-18(15)23-17)21(25)20-10-14-16(22)3-2-4-19(14)26-20/h2-6,9-10,23H,7-8,11H2,1H3. The van der Waals surface area contributed by atoms with Gasteiger partial charge in [0.1, 0.15) is 5.82 Å². The highest BCUT2D eigenvalue weighted by molar-refractivity contribution is 7.20. The molecule has 4 aromatic rings. The number of hydrogen-bond donors (Lipinski definition) is 1. The highest BCUT2D eigenvalue weighted by atomic mass is 32.1. The van der Waals surface area contributed by atoms with E-state index < -0.39 is 0 Å². The summed E-state index contributed by atoms with van der Waals surface area (Å²) in [6, 6.07) is 13.0. The quantitative estimate of drug-likeness (QED) is 0.505. The maximum absolute atomic E-state index is 14.0. The monoisotopic (exact) mass is 364 g/mol. The Bertz CT molecular complexity index is 1170. The first-order chi connectivity index (χ1) is 12.6. The molecule has 26 heavy (non-hydrogen) atoms. The molecule has 130 valence electrons. The van der Waals surface area contributed by atoms with Crippen LogP contribution in [-0.4, -0.2) is 22.3 Å². The molecule has 0 unspecified atom stereocenters. The molecule has 0 saturated carbocycles. The summed E-state index contributed by atoms with van der Waals surface area (Å²) in [6.07, 6.45) is 0.814. The summed E-state index contributed by atoms with van der Waals surface area (Å²) >= 11 is 1.36. The smallest absolute Gasteiger partial charge is 0.264 e. The van der Waals surface area contributed by atoms with Crippen LogP contribution in [0, 0.1) is 12.7 Å². The molecule has 1 aliphatic rings. The van der Waals surface area contributed by atoms with Gasteiger partial charge in [-0.2, -0.15) is 0 Å². The fourth-order valence-corrected chi connectivity index (χ4v) is 4.83. The van der Waals surface area contributed by atoms with Crippen molar-refractivity contribution in [3.05, 3.63) is 70.0 Å². The molecule has 2 aromatic carbocycles. The number of aromatic amines is 1. The summed E-state index contributed by atoms with van der Waals surface area (Å²) in [6.45, 7) is 3.35. The number of aryl methyl sites for hydroxylation is 1. The molecule has 1 aliphatic heterocycles. The predicted octanol–water partition coefficient (Wildman–Crippen LogP) is 5.03. The van der Waals surface area contributed by atoms with Gasteiger partial charge in [0.2, 0.25) is 0 Å². The Morgan fingerprint density at radius 3 is 2.92 bits per heavy atom. The molecule has 0 aliphatic carbocycles. The van der Waals surface area contributed by atoms with Crippen LogP contribution in [0.5, 0.6) is 0 Å². The number of carbonyl (C=O) groups is 1. The molecule has 5 rings (SSSR count). The van der Waals surface area contributed by atoms with E-state index in [1.807, 2.05) is 11.0 Å². The number of amides is 1. The van der Waals surface area contributed by atoms with Crippen LogP contribution in [0.4, 0.5) is 4.39 Å². The Hall–Kier alpha value is -2.66. The Balaban J connectivity index is 1.51. The number of hydrogen-bond acceptors (Lipinski definition) is 2. The second-order valence-electron chi connectivity index (χ2n) is 6.87. The van der Waals surface area contributed by atoms with E-state index in [2.05, 4.69) is 30.1 Å². The summed E-state index contributed by atoms with van der Waals surface area (Å²) < 4.78 is 14.8. The zero-order chi connectivity index (χ0) is 17.8. The van der Waals surface area contributed by atoms with Crippen LogP contribution in [0.1, 0.15) is 26.5 Å². The molecule has 0 spiro atoms. The summed E-state index contributed by atoms with van der Waals surface area (Å²) in [7, 11) is 0. The zero-order valence-corrected chi connectivity index (χ0v) is 15.1. The number of H-pyrrole nitrogens is 1. The largest absolute Gasteiger partial charge is 0.358 e. The van der Waals surface area contributed by atoms with Crippen molar-refractivity contribution in [2.45, 2.75) is 19.9 Å². The third-order valence-electron chi connectivity index (χ3n) is 5.14.